The molecule has 0 aliphatic heterocycles. The quantitative estimate of drug-likeness (QED) is 0.898. The van der Waals surface area contributed by atoms with Crippen LogP contribution in [0.5, 0.6) is 0 Å². The highest BCUT2D eigenvalue weighted by atomic mass is 16.4. The molecule has 0 aliphatic rings. The molecule has 0 fully saturated rings. The van der Waals surface area contributed by atoms with E-state index in [4.69, 9.17) is 0 Å². The first kappa shape index (κ1) is 14.6. The van der Waals surface area contributed by atoms with Crippen LogP contribution in [0.15, 0.2) is 42.5 Å². The Labute approximate surface area is 122 Å². The number of carboxylic acid groups (broad SMARTS) is 2. The molecule has 5 nitrogen and oxygen atoms in total. The molecule has 0 saturated carbocycles. The highest BCUT2D eigenvalue weighted by Gasteiger charge is 2.25. The molecule has 0 saturated heterocycles. The van der Waals surface area contributed by atoms with Crippen LogP contribution in [0, 0.1) is 13.8 Å². The Morgan fingerprint density at radius 3 is 2.10 bits per heavy atom. The number of nitrogens with zero attached hydrogens (tertiary/aromatic N) is 1. The van der Waals surface area contributed by atoms with Crippen molar-refractivity contribution in [3.05, 3.63) is 59.2 Å². The lowest BCUT2D eigenvalue weighted by Crippen LogP contribution is -2.27. The SMILES string of the molecule is Cc1ccccc1N(C(=O)O)c1c(C)cccc1C(=O)O. The van der Waals surface area contributed by atoms with Gasteiger partial charge in [-0.15, -0.1) is 0 Å². The van der Waals surface area contributed by atoms with Crippen molar-refractivity contribution in [1.29, 1.82) is 0 Å². The summed E-state index contributed by atoms with van der Waals surface area (Å²) in [5, 5.41) is 18.9. The molecule has 0 atom stereocenters. The first-order valence-corrected chi connectivity index (χ1v) is 6.35. The summed E-state index contributed by atoms with van der Waals surface area (Å²) in [6.07, 6.45) is -1.22. The predicted molar refractivity (Wildman–Crippen MR) is 79.5 cm³/mol. The van der Waals surface area contributed by atoms with Crippen LogP contribution in [0.2, 0.25) is 0 Å². The Morgan fingerprint density at radius 1 is 0.905 bits per heavy atom. The van der Waals surface area contributed by atoms with E-state index in [1.165, 1.54) is 6.07 Å². The maximum atomic E-state index is 11.7. The number of carbonyl (C=O) groups is 2. The lowest BCUT2D eigenvalue weighted by atomic mass is 10.0. The van der Waals surface area contributed by atoms with Gasteiger partial charge in [0.2, 0.25) is 0 Å². The van der Waals surface area contributed by atoms with Gasteiger partial charge in [-0.1, -0.05) is 30.3 Å². The Kier molecular flexibility index (Phi) is 3.93. The van der Waals surface area contributed by atoms with Crippen LogP contribution in [0.4, 0.5) is 16.2 Å². The predicted octanol–water partition coefficient (Wildman–Crippen LogP) is 3.82. The van der Waals surface area contributed by atoms with Crippen LogP contribution in [-0.2, 0) is 0 Å². The summed E-state index contributed by atoms with van der Waals surface area (Å²) >= 11 is 0. The lowest BCUT2D eigenvalue weighted by Gasteiger charge is -2.24. The zero-order chi connectivity index (χ0) is 15.6. The number of para-hydroxylation sites is 2. The fourth-order valence-corrected chi connectivity index (χ4v) is 2.26. The second kappa shape index (κ2) is 5.66. The van der Waals surface area contributed by atoms with Crippen LogP contribution >= 0.6 is 0 Å². The van der Waals surface area contributed by atoms with E-state index in [9.17, 15) is 19.8 Å². The number of hydrogen-bond donors (Lipinski definition) is 2. The maximum Gasteiger partial charge on any atom is 0.416 e. The molecule has 1 amide bonds. The van der Waals surface area contributed by atoms with Crippen molar-refractivity contribution in [2.45, 2.75) is 13.8 Å². The maximum absolute atomic E-state index is 11.7. The van der Waals surface area contributed by atoms with Crippen molar-refractivity contribution in [2.75, 3.05) is 4.90 Å². The van der Waals surface area contributed by atoms with Crippen LogP contribution in [0.1, 0.15) is 21.5 Å². The van der Waals surface area contributed by atoms with Crippen LogP contribution in [0.25, 0.3) is 0 Å². The van der Waals surface area contributed by atoms with Gasteiger partial charge in [0.1, 0.15) is 0 Å². The van der Waals surface area contributed by atoms with Gasteiger partial charge < -0.3 is 10.2 Å². The third-order valence-electron chi connectivity index (χ3n) is 3.24. The van der Waals surface area contributed by atoms with Gasteiger partial charge in [0, 0.05) is 0 Å². The summed E-state index contributed by atoms with van der Waals surface area (Å²) in [6, 6.07) is 11.6. The molecule has 2 rings (SSSR count). The molecule has 0 heterocycles. The van der Waals surface area contributed by atoms with Gasteiger partial charge in [0.15, 0.2) is 0 Å². The average Bonchev–Trinajstić information content (AvgIpc) is 2.42. The van der Waals surface area contributed by atoms with Crippen molar-refractivity contribution in [1.82, 2.24) is 0 Å². The Hall–Kier alpha value is -2.82. The minimum Gasteiger partial charge on any atom is -0.478 e. The number of aromatic carboxylic acids is 1. The first-order chi connectivity index (χ1) is 9.93. The fourth-order valence-electron chi connectivity index (χ4n) is 2.26. The van der Waals surface area contributed by atoms with E-state index >= 15 is 0 Å². The number of anilines is 2. The molecule has 2 aromatic carbocycles. The van der Waals surface area contributed by atoms with Gasteiger partial charge >= 0.3 is 12.1 Å². The smallest absolute Gasteiger partial charge is 0.416 e. The van der Waals surface area contributed by atoms with Crippen molar-refractivity contribution < 1.29 is 19.8 Å². The molecule has 2 N–H and O–H groups in total. The minimum absolute atomic E-state index is 0.0411. The molecule has 5 heteroatoms. The monoisotopic (exact) mass is 285 g/mol. The van der Waals surface area contributed by atoms with E-state index in [1.54, 1.807) is 50.2 Å². The Morgan fingerprint density at radius 2 is 1.52 bits per heavy atom. The normalized spacial score (nSPS) is 10.2. The van der Waals surface area contributed by atoms with Crippen molar-refractivity contribution >= 4 is 23.4 Å². The Bertz CT molecular complexity index is 709. The van der Waals surface area contributed by atoms with Gasteiger partial charge in [0.05, 0.1) is 16.9 Å². The fraction of sp³-hybridized carbons (Fsp3) is 0.125. The van der Waals surface area contributed by atoms with Crippen LogP contribution < -0.4 is 4.90 Å². The molecule has 0 aliphatic carbocycles. The summed E-state index contributed by atoms with van der Waals surface area (Å²) in [4.78, 5) is 24.1. The summed E-state index contributed by atoms with van der Waals surface area (Å²) in [7, 11) is 0. The molecule has 2 aromatic rings. The largest absolute Gasteiger partial charge is 0.478 e. The second-order valence-corrected chi connectivity index (χ2v) is 4.68. The number of rotatable bonds is 3. The number of hydrogen-bond acceptors (Lipinski definition) is 2. The lowest BCUT2D eigenvalue weighted by molar-refractivity contribution is 0.0697. The topological polar surface area (TPSA) is 77.8 Å². The van der Waals surface area contributed by atoms with Gasteiger partial charge in [0.25, 0.3) is 0 Å². The summed E-state index contributed by atoms with van der Waals surface area (Å²) in [5.74, 6) is -1.16. The zero-order valence-corrected chi connectivity index (χ0v) is 11.7. The van der Waals surface area contributed by atoms with Crippen molar-refractivity contribution in [2.24, 2.45) is 0 Å². The minimum atomic E-state index is -1.22. The number of carboxylic acids is 1. The molecule has 0 aromatic heterocycles. The molecular weight excluding hydrogens is 270 g/mol. The number of amides is 1. The van der Waals surface area contributed by atoms with E-state index < -0.39 is 12.1 Å². The van der Waals surface area contributed by atoms with E-state index in [0.717, 1.165) is 10.5 Å². The van der Waals surface area contributed by atoms with E-state index in [0.29, 0.717) is 11.3 Å². The summed E-state index contributed by atoms with van der Waals surface area (Å²) < 4.78 is 0. The van der Waals surface area contributed by atoms with Crippen LogP contribution in [-0.4, -0.2) is 22.3 Å². The third-order valence-corrected chi connectivity index (χ3v) is 3.24. The van der Waals surface area contributed by atoms with Gasteiger partial charge in [-0.2, -0.15) is 0 Å². The van der Waals surface area contributed by atoms with Crippen molar-refractivity contribution in [3.63, 3.8) is 0 Å². The van der Waals surface area contributed by atoms with Gasteiger partial charge in [-0.05, 0) is 37.1 Å². The van der Waals surface area contributed by atoms with Gasteiger partial charge in [-0.25, -0.2) is 14.5 Å². The number of aryl methyl sites for hydroxylation is 2. The second-order valence-electron chi connectivity index (χ2n) is 4.68. The van der Waals surface area contributed by atoms with E-state index in [-0.39, 0.29) is 11.3 Å². The highest BCUT2D eigenvalue weighted by molar-refractivity contribution is 6.04. The zero-order valence-electron chi connectivity index (χ0n) is 11.7. The molecule has 0 radical (unpaired) electrons. The van der Waals surface area contributed by atoms with Crippen LogP contribution in [0.3, 0.4) is 0 Å². The summed E-state index contributed by atoms with van der Waals surface area (Å²) in [6.45, 7) is 3.47. The van der Waals surface area contributed by atoms with Crippen molar-refractivity contribution in [3.8, 4) is 0 Å². The molecule has 21 heavy (non-hydrogen) atoms. The molecule has 0 spiro atoms. The molecule has 0 bridgehead atoms. The summed E-state index contributed by atoms with van der Waals surface area (Å²) in [5.41, 5.74) is 1.91. The number of benzene rings is 2. The van der Waals surface area contributed by atoms with E-state index in [2.05, 4.69) is 0 Å². The third kappa shape index (κ3) is 2.72. The first-order valence-electron chi connectivity index (χ1n) is 6.35. The molecular formula is C16H15NO4. The highest BCUT2D eigenvalue weighted by Crippen LogP contribution is 2.33. The van der Waals surface area contributed by atoms with E-state index in [1.807, 2.05) is 0 Å². The average molecular weight is 285 g/mol. The Balaban J connectivity index is 2.74. The molecule has 108 valence electrons. The van der Waals surface area contributed by atoms with Gasteiger partial charge in [-0.3, -0.25) is 0 Å². The standard InChI is InChI=1S/C16H15NO4/c1-10-6-3-4-9-13(10)17(16(20)21)14-11(2)7-5-8-12(14)15(18)19/h3-9H,1-2H3,(H,18,19)(H,20,21). The molecule has 0 unspecified atom stereocenters.